The summed E-state index contributed by atoms with van der Waals surface area (Å²) in [5, 5.41) is 4.10. The number of ether oxygens (including phenoxy) is 3. The number of nitrogens with one attached hydrogen (secondary N) is 1. The van der Waals surface area contributed by atoms with E-state index in [1.54, 1.807) is 27.5 Å². The Morgan fingerprint density at radius 3 is 2.43 bits per heavy atom. The van der Waals surface area contributed by atoms with Crippen LogP contribution in [0.15, 0.2) is 85.2 Å². The summed E-state index contributed by atoms with van der Waals surface area (Å²) in [6, 6.07) is 23.4. The second kappa shape index (κ2) is 9.68. The van der Waals surface area contributed by atoms with Gasteiger partial charge in [0.05, 0.1) is 38.8 Å². The van der Waals surface area contributed by atoms with Gasteiger partial charge < -0.3 is 29.0 Å². The van der Waals surface area contributed by atoms with Crippen LogP contribution in [0.4, 0.5) is 5.69 Å². The van der Waals surface area contributed by atoms with E-state index < -0.39 is 0 Å². The van der Waals surface area contributed by atoms with Crippen LogP contribution >= 0.6 is 12.2 Å². The summed E-state index contributed by atoms with van der Waals surface area (Å²) < 4.78 is 18.8. The molecule has 1 aliphatic rings. The molecule has 7 nitrogen and oxygen atoms in total. The van der Waals surface area contributed by atoms with Gasteiger partial charge in [0.25, 0.3) is 0 Å². The standard InChI is InChI=1S/C27H26N4O3S/c1-32-19-9-6-8-18(16-19)30-15-7-11-23(30)26-25(21-10-4-5-14-28-21)29-27(35)31(26)22-13-12-20(33-2)17-24(22)34-3/h4-17,25-26H,1-3H3,(H,29,35)/t25-,26+/m1/s1. The van der Waals surface area contributed by atoms with Gasteiger partial charge in [0.1, 0.15) is 23.3 Å². The minimum atomic E-state index is -0.208. The fourth-order valence-electron chi connectivity index (χ4n) is 4.53. The molecule has 1 fully saturated rings. The zero-order chi connectivity index (χ0) is 24.4. The third kappa shape index (κ3) is 4.17. The Labute approximate surface area is 209 Å². The average Bonchev–Trinajstić information content (AvgIpc) is 3.53. The van der Waals surface area contributed by atoms with Crippen molar-refractivity contribution >= 4 is 23.0 Å². The third-order valence-corrected chi connectivity index (χ3v) is 6.47. The second-order valence-corrected chi connectivity index (χ2v) is 8.43. The molecule has 2 aromatic carbocycles. The van der Waals surface area contributed by atoms with Gasteiger partial charge in [-0.15, -0.1) is 0 Å². The van der Waals surface area contributed by atoms with Crippen molar-refractivity contribution in [3.8, 4) is 22.9 Å². The summed E-state index contributed by atoms with van der Waals surface area (Å²) in [5.74, 6) is 2.16. The molecule has 5 rings (SSSR count). The number of pyridine rings is 1. The predicted molar refractivity (Wildman–Crippen MR) is 140 cm³/mol. The van der Waals surface area contributed by atoms with E-state index in [4.69, 9.17) is 26.4 Å². The van der Waals surface area contributed by atoms with E-state index in [1.807, 2.05) is 66.9 Å². The van der Waals surface area contributed by atoms with Gasteiger partial charge in [-0.1, -0.05) is 12.1 Å². The van der Waals surface area contributed by atoms with Crippen molar-refractivity contribution in [1.82, 2.24) is 14.9 Å². The molecule has 2 aromatic heterocycles. The molecule has 0 spiro atoms. The van der Waals surface area contributed by atoms with Crippen LogP contribution in [0.3, 0.4) is 0 Å². The van der Waals surface area contributed by atoms with Crippen molar-refractivity contribution in [3.63, 3.8) is 0 Å². The molecule has 1 N–H and O–H groups in total. The van der Waals surface area contributed by atoms with Crippen LogP contribution in [0.2, 0.25) is 0 Å². The summed E-state index contributed by atoms with van der Waals surface area (Å²) in [5.41, 5.74) is 3.77. The molecule has 1 aliphatic heterocycles. The highest BCUT2D eigenvalue weighted by Crippen LogP contribution is 2.45. The van der Waals surface area contributed by atoms with Gasteiger partial charge in [-0.2, -0.15) is 0 Å². The molecule has 0 saturated carbocycles. The molecule has 2 atom stereocenters. The molecular weight excluding hydrogens is 460 g/mol. The molecular formula is C27H26N4O3S. The maximum absolute atomic E-state index is 5.89. The van der Waals surface area contributed by atoms with Crippen LogP contribution < -0.4 is 24.4 Å². The van der Waals surface area contributed by atoms with Gasteiger partial charge in [0.15, 0.2) is 5.11 Å². The largest absolute Gasteiger partial charge is 0.497 e. The lowest BCUT2D eigenvalue weighted by Crippen LogP contribution is -2.30. The first-order valence-corrected chi connectivity index (χ1v) is 11.6. The highest BCUT2D eigenvalue weighted by molar-refractivity contribution is 7.80. The molecule has 0 aliphatic carbocycles. The van der Waals surface area contributed by atoms with Crippen LogP contribution in [0, 0.1) is 0 Å². The fourth-order valence-corrected chi connectivity index (χ4v) is 4.87. The van der Waals surface area contributed by atoms with E-state index in [-0.39, 0.29) is 12.1 Å². The number of hydrogen-bond acceptors (Lipinski definition) is 5. The number of methoxy groups -OCH3 is 3. The first-order chi connectivity index (χ1) is 17.1. The van der Waals surface area contributed by atoms with Crippen molar-refractivity contribution in [3.05, 3.63) is 96.6 Å². The maximum Gasteiger partial charge on any atom is 0.174 e. The summed E-state index contributed by atoms with van der Waals surface area (Å²) in [6.45, 7) is 0. The summed E-state index contributed by atoms with van der Waals surface area (Å²) in [6.07, 6.45) is 3.85. The topological polar surface area (TPSA) is 60.8 Å². The summed E-state index contributed by atoms with van der Waals surface area (Å²) in [7, 11) is 4.95. The Bertz CT molecular complexity index is 1340. The van der Waals surface area contributed by atoms with E-state index in [2.05, 4.69) is 31.9 Å². The Morgan fingerprint density at radius 1 is 0.857 bits per heavy atom. The van der Waals surface area contributed by atoms with Crippen molar-refractivity contribution in [2.75, 3.05) is 26.2 Å². The molecule has 1 saturated heterocycles. The van der Waals surface area contributed by atoms with Crippen LogP contribution in [-0.4, -0.2) is 36.0 Å². The van der Waals surface area contributed by atoms with Gasteiger partial charge in [0.2, 0.25) is 0 Å². The first-order valence-electron chi connectivity index (χ1n) is 11.2. The third-order valence-electron chi connectivity index (χ3n) is 6.16. The summed E-state index contributed by atoms with van der Waals surface area (Å²) >= 11 is 5.89. The molecule has 0 bridgehead atoms. The number of nitrogens with zero attached hydrogens (tertiary/aromatic N) is 3. The highest BCUT2D eigenvalue weighted by Gasteiger charge is 2.43. The molecule has 35 heavy (non-hydrogen) atoms. The maximum atomic E-state index is 5.89. The van der Waals surface area contributed by atoms with Crippen molar-refractivity contribution in [2.24, 2.45) is 0 Å². The van der Waals surface area contributed by atoms with Crippen molar-refractivity contribution < 1.29 is 14.2 Å². The lowest BCUT2D eigenvalue weighted by molar-refractivity contribution is 0.394. The molecule has 0 unspecified atom stereocenters. The van der Waals surface area contributed by atoms with Crippen LogP contribution in [0.1, 0.15) is 23.5 Å². The lowest BCUT2D eigenvalue weighted by Gasteiger charge is -2.30. The Balaban J connectivity index is 1.68. The van der Waals surface area contributed by atoms with Crippen molar-refractivity contribution in [2.45, 2.75) is 12.1 Å². The molecule has 0 amide bonds. The quantitative estimate of drug-likeness (QED) is 0.366. The molecule has 178 valence electrons. The van der Waals surface area contributed by atoms with E-state index in [0.717, 1.165) is 28.5 Å². The van der Waals surface area contributed by atoms with Gasteiger partial charge in [0, 0.05) is 35.9 Å². The SMILES string of the molecule is COc1cccc(-n2cccc2[C@H]2[C@@H](c3ccccn3)NC(=S)N2c2ccc(OC)cc2OC)c1. The molecule has 4 aromatic rings. The normalized spacial score (nSPS) is 17.2. The zero-order valence-corrected chi connectivity index (χ0v) is 20.5. The number of benzene rings is 2. The minimum absolute atomic E-state index is 0.185. The van der Waals surface area contributed by atoms with Gasteiger partial charge in [-0.25, -0.2) is 0 Å². The van der Waals surface area contributed by atoms with Gasteiger partial charge in [-0.3, -0.25) is 4.98 Å². The molecule has 3 heterocycles. The van der Waals surface area contributed by atoms with E-state index >= 15 is 0 Å². The molecule has 0 radical (unpaired) electrons. The van der Waals surface area contributed by atoms with Gasteiger partial charge >= 0.3 is 0 Å². The Morgan fingerprint density at radius 2 is 1.69 bits per heavy atom. The number of thiocarbonyl (C=S) groups is 1. The van der Waals surface area contributed by atoms with E-state index in [1.165, 1.54) is 0 Å². The van der Waals surface area contributed by atoms with Gasteiger partial charge in [-0.05, 0) is 60.7 Å². The summed E-state index contributed by atoms with van der Waals surface area (Å²) in [4.78, 5) is 6.75. The molecule has 8 heteroatoms. The average molecular weight is 487 g/mol. The smallest absolute Gasteiger partial charge is 0.174 e. The van der Waals surface area contributed by atoms with Crippen LogP contribution in [-0.2, 0) is 0 Å². The second-order valence-electron chi connectivity index (χ2n) is 8.04. The number of aromatic nitrogens is 2. The number of hydrogen-bond donors (Lipinski definition) is 1. The van der Waals surface area contributed by atoms with Crippen molar-refractivity contribution in [1.29, 1.82) is 0 Å². The van der Waals surface area contributed by atoms with E-state index in [9.17, 15) is 0 Å². The lowest BCUT2D eigenvalue weighted by atomic mass is 10.0. The van der Waals surface area contributed by atoms with E-state index in [0.29, 0.717) is 16.6 Å². The number of rotatable bonds is 7. The number of anilines is 1. The van der Waals surface area contributed by atoms with Crippen LogP contribution in [0.5, 0.6) is 17.2 Å². The highest BCUT2D eigenvalue weighted by atomic mass is 32.1. The minimum Gasteiger partial charge on any atom is -0.497 e. The Kier molecular flexibility index (Phi) is 6.29. The predicted octanol–water partition coefficient (Wildman–Crippen LogP) is 5.08. The van der Waals surface area contributed by atoms with Crippen LogP contribution in [0.25, 0.3) is 5.69 Å². The fraction of sp³-hybridized carbons (Fsp3) is 0.185. The Hall–Kier alpha value is -4.04. The monoisotopic (exact) mass is 486 g/mol. The zero-order valence-electron chi connectivity index (χ0n) is 19.7. The first kappa shape index (κ1) is 22.7.